The SMILES string of the molecule is CCCCC(=O)N1CCN(c2nc(Cc3ccc(C)cc3)ns2)C[C@H]1C. The summed E-state index contributed by atoms with van der Waals surface area (Å²) in [4.78, 5) is 21.4. The topological polar surface area (TPSA) is 49.3 Å². The van der Waals surface area contributed by atoms with Crippen molar-refractivity contribution in [3.8, 4) is 0 Å². The van der Waals surface area contributed by atoms with Crippen molar-refractivity contribution in [2.75, 3.05) is 24.5 Å². The van der Waals surface area contributed by atoms with E-state index >= 15 is 0 Å². The summed E-state index contributed by atoms with van der Waals surface area (Å²) < 4.78 is 4.54. The molecular formula is C20H28N4OS. The second kappa shape index (κ2) is 8.62. The highest BCUT2D eigenvalue weighted by atomic mass is 32.1. The molecule has 3 rings (SSSR count). The van der Waals surface area contributed by atoms with Gasteiger partial charge in [-0.1, -0.05) is 43.2 Å². The third-order valence-electron chi connectivity index (χ3n) is 4.90. The quantitative estimate of drug-likeness (QED) is 0.776. The average Bonchev–Trinajstić information content (AvgIpc) is 3.10. The zero-order valence-corrected chi connectivity index (χ0v) is 16.8. The molecule has 2 aromatic rings. The van der Waals surface area contributed by atoms with Gasteiger partial charge < -0.3 is 9.80 Å². The number of aryl methyl sites for hydroxylation is 1. The molecule has 0 bridgehead atoms. The number of carbonyl (C=O) groups excluding carboxylic acids is 1. The summed E-state index contributed by atoms with van der Waals surface area (Å²) in [6.45, 7) is 8.79. The Kier molecular flexibility index (Phi) is 6.25. The third-order valence-corrected chi connectivity index (χ3v) is 5.72. The maximum absolute atomic E-state index is 12.3. The van der Waals surface area contributed by atoms with Crippen molar-refractivity contribution in [1.29, 1.82) is 0 Å². The van der Waals surface area contributed by atoms with Gasteiger partial charge in [0.15, 0.2) is 0 Å². The molecule has 1 aliphatic rings. The monoisotopic (exact) mass is 372 g/mol. The van der Waals surface area contributed by atoms with Crippen LogP contribution in [-0.2, 0) is 11.2 Å². The molecule has 1 aliphatic heterocycles. The first kappa shape index (κ1) is 18.8. The lowest BCUT2D eigenvalue weighted by Gasteiger charge is -2.39. The lowest BCUT2D eigenvalue weighted by molar-refractivity contribution is -0.133. The van der Waals surface area contributed by atoms with Crippen LogP contribution in [0.5, 0.6) is 0 Å². The molecule has 0 saturated carbocycles. The molecule has 140 valence electrons. The summed E-state index contributed by atoms with van der Waals surface area (Å²) in [6.07, 6.45) is 3.47. The van der Waals surface area contributed by atoms with Gasteiger partial charge in [0.2, 0.25) is 11.0 Å². The fourth-order valence-corrected chi connectivity index (χ4v) is 4.03. The first-order valence-corrected chi connectivity index (χ1v) is 10.3. The van der Waals surface area contributed by atoms with Gasteiger partial charge in [0, 0.05) is 50.1 Å². The molecule has 2 heterocycles. The van der Waals surface area contributed by atoms with Crippen LogP contribution in [0.1, 0.15) is 50.1 Å². The van der Waals surface area contributed by atoms with Crippen LogP contribution < -0.4 is 4.90 Å². The predicted molar refractivity (Wildman–Crippen MR) is 107 cm³/mol. The van der Waals surface area contributed by atoms with E-state index in [2.05, 4.69) is 54.3 Å². The van der Waals surface area contributed by atoms with Gasteiger partial charge in [0.05, 0.1) is 0 Å². The number of hydrogen-bond acceptors (Lipinski definition) is 5. The molecule has 5 nitrogen and oxygen atoms in total. The maximum Gasteiger partial charge on any atom is 0.222 e. The summed E-state index contributed by atoms with van der Waals surface area (Å²) >= 11 is 1.47. The zero-order chi connectivity index (χ0) is 18.5. The fraction of sp³-hybridized carbons (Fsp3) is 0.550. The molecule has 0 spiro atoms. The molecule has 0 N–H and O–H groups in total. The number of amides is 1. The standard InChI is InChI=1S/C20H28N4OS/c1-4-5-6-19(25)24-12-11-23(14-16(24)3)20-21-18(22-26-20)13-17-9-7-15(2)8-10-17/h7-10,16H,4-6,11-14H2,1-3H3/t16-/m1/s1. The molecule has 6 heteroatoms. The van der Waals surface area contributed by atoms with E-state index in [1.165, 1.54) is 22.7 Å². The molecule has 1 atom stereocenters. The number of carbonyl (C=O) groups is 1. The minimum atomic E-state index is 0.220. The van der Waals surface area contributed by atoms with Gasteiger partial charge in [0.25, 0.3) is 0 Å². The van der Waals surface area contributed by atoms with Crippen molar-refractivity contribution in [3.05, 3.63) is 41.2 Å². The van der Waals surface area contributed by atoms with Crippen molar-refractivity contribution in [2.45, 2.75) is 52.5 Å². The van der Waals surface area contributed by atoms with E-state index in [4.69, 9.17) is 4.98 Å². The first-order chi connectivity index (χ1) is 12.6. The smallest absolute Gasteiger partial charge is 0.222 e. The van der Waals surface area contributed by atoms with Crippen molar-refractivity contribution in [3.63, 3.8) is 0 Å². The number of aromatic nitrogens is 2. The molecule has 1 saturated heterocycles. The fourth-order valence-electron chi connectivity index (χ4n) is 3.31. The van der Waals surface area contributed by atoms with Crippen LogP contribution in [0.15, 0.2) is 24.3 Å². The van der Waals surface area contributed by atoms with Crippen molar-refractivity contribution in [2.24, 2.45) is 0 Å². The molecule has 0 unspecified atom stereocenters. The van der Waals surface area contributed by atoms with Crippen LogP contribution in [0.25, 0.3) is 0 Å². The van der Waals surface area contributed by atoms with E-state index in [9.17, 15) is 4.79 Å². The minimum absolute atomic E-state index is 0.220. The first-order valence-electron chi connectivity index (χ1n) is 9.49. The highest BCUT2D eigenvalue weighted by molar-refractivity contribution is 7.09. The van der Waals surface area contributed by atoms with Gasteiger partial charge in [-0.15, -0.1) is 0 Å². The summed E-state index contributed by atoms with van der Waals surface area (Å²) in [5, 5.41) is 0.972. The Morgan fingerprint density at radius 3 is 2.73 bits per heavy atom. The normalized spacial score (nSPS) is 17.6. The molecule has 1 aromatic heterocycles. The molecule has 0 aliphatic carbocycles. The van der Waals surface area contributed by atoms with Gasteiger partial charge in [-0.25, -0.2) is 4.98 Å². The van der Waals surface area contributed by atoms with Crippen LogP contribution >= 0.6 is 11.5 Å². The molecular weight excluding hydrogens is 344 g/mol. The molecule has 1 aromatic carbocycles. The second-order valence-corrected chi connectivity index (χ2v) is 7.87. The van der Waals surface area contributed by atoms with E-state index in [0.29, 0.717) is 6.42 Å². The summed E-state index contributed by atoms with van der Waals surface area (Å²) in [7, 11) is 0. The Labute approximate surface area is 160 Å². The van der Waals surface area contributed by atoms with Crippen molar-refractivity contribution >= 4 is 22.6 Å². The van der Waals surface area contributed by atoms with E-state index < -0.39 is 0 Å². The van der Waals surface area contributed by atoms with Gasteiger partial charge >= 0.3 is 0 Å². The van der Waals surface area contributed by atoms with E-state index in [1.54, 1.807) is 0 Å². The summed E-state index contributed by atoms with van der Waals surface area (Å²) in [5.74, 6) is 1.17. The summed E-state index contributed by atoms with van der Waals surface area (Å²) in [6, 6.07) is 8.74. The van der Waals surface area contributed by atoms with E-state index in [0.717, 1.165) is 49.9 Å². The lowest BCUT2D eigenvalue weighted by Crippen LogP contribution is -2.54. The van der Waals surface area contributed by atoms with Crippen molar-refractivity contribution in [1.82, 2.24) is 14.3 Å². The predicted octanol–water partition coefficient (Wildman–Crippen LogP) is 3.66. The minimum Gasteiger partial charge on any atom is -0.343 e. The molecule has 0 radical (unpaired) electrons. The average molecular weight is 373 g/mol. The van der Waals surface area contributed by atoms with Gasteiger partial charge in [0.1, 0.15) is 5.82 Å². The second-order valence-electron chi connectivity index (χ2n) is 7.14. The number of piperazine rings is 1. The Morgan fingerprint density at radius 1 is 1.27 bits per heavy atom. The number of nitrogens with zero attached hydrogens (tertiary/aromatic N) is 4. The third kappa shape index (κ3) is 4.61. The summed E-state index contributed by atoms with van der Waals surface area (Å²) in [5.41, 5.74) is 2.50. The number of hydrogen-bond donors (Lipinski definition) is 0. The lowest BCUT2D eigenvalue weighted by atomic mass is 10.1. The molecule has 26 heavy (non-hydrogen) atoms. The zero-order valence-electron chi connectivity index (χ0n) is 15.9. The highest BCUT2D eigenvalue weighted by Crippen LogP contribution is 2.23. The largest absolute Gasteiger partial charge is 0.343 e. The number of rotatable bonds is 6. The molecule has 1 amide bonds. The van der Waals surface area contributed by atoms with Gasteiger partial charge in [-0.3, -0.25) is 4.79 Å². The Bertz CT molecular complexity index is 728. The number of anilines is 1. The number of unbranched alkanes of at least 4 members (excludes halogenated alkanes) is 1. The van der Waals surface area contributed by atoms with Crippen LogP contribution in [0, 0.1) is 6.92 Å². The van der Waals surface area contributed by atoms with Gasteiger partial charge in [-0.05, 0) is 25.8 Å². The van der Waals surface area contributed by atoms with Gasteiger partial charge in [-0.2, -0.15) is 4.37 Å². The Morgan fingerprint density at radius 2 is 2.04 bits per heavy atom. The van der Waals surface area contributed by atoms with Crippen LogP contribution in [0.4, 0.5) is 5.13 Å². The number of benzene rings is 1. The maximum atomic E-state index is 12.3. The highest BCUT2D eigenvalue weighted by Gasteiger charge is 2.28. The van der Waals surface area contributed by atoms with Crippen molar-refractivity contribution < 1.29 is 4.79 Å². The van der Waals surface area contributed by atoms with E-state index in [-0.39, 0.29) is 11.9 Å². The van der Waals surface area contributed by atoms with Crippen LogP contribution in [0.2, 0.25) is 0 Å². The van der Waals surface area contributed by atoms with Crippen LogP contribution in [-0.4, -0.2) is 45.8 Å². The molecule has 1 fully saturated rings. The van der Waals surface area contributed by atoms with Crippen LogP contribution in [0.3, 0.4) is 0 Å². The Balaban J connectivity index is 1.58. The van der Waals surface area contributed by atoms with E-state index in [1.807, 2.05) is 4.90 Å². The Hall–Kier alpha value is -1.95.